The second kappa shape index (κ2) is 3.12. The molecule has 0 radical (unpaired) electrons. The summed E-state index contributed by atoms with van der Waals surface area (Å²) in [6.07, 6.45) is -2.43. The lowest BCUT2D eigenvalue weighted by molar-refractivity contribution is -0.171. The van der Waals surface area contributed by atoms with Crippen LogP contribution in [-0.4, -0.2) is 29.1 Å². The van der Waals surface area contributed by atoms with Gasteiger partial charge in [-0.05, 0) is 19.3 Å². The molecule has 2 heterocycles. The molecule has 0 N–H and O–H groups in total. The van der Waals surface area contributed by atoms with Crippen LogP contribution in [-0.2, 0) is 4.79 Å². The smallest absolute Gasteiger partial charge is 0.336 e. The average Bonchev–Trinajstić information content (AvgIpc) is 2.64. The van der Waals surface area contributed by atoms with Gasteiger partial charge in [0, 0.05) is 18.5 Å². The molecule has 2 fully saturated rings. The minimum Gasteiger partial charge on any atom is -0.336 e. The molecule has 0 unspecified atom stereocenters. The van der Waals surface area contributed by atoms with Crippen molar-refractivity contribution in [1.82, 2.24) is 4.90 Å². The van der Waals surface area contributed by atoms with Crippen molar-refractivity contribution in [2.24, 2.45) is 5.92 Å². The first-order chi connectivity index (χ1) is 6.89. The maximum atomic E-state index is 12.6. The van der Waals surface area contributed by atoms with Gasteiger partial charge in [-0.15, -0.1) is 0 Å². The van der Waals surface area contributed by atoms with Crippen LogP contribution >= 0.6 is 0 Å². The first kappa shape index (κ1) is 10.8. The van der Waals surface area contributed by atoms with E-state index in [0.29, 0.717) is 19.3 Å². The van der Waals surface area contributed by atoms with E-state index in [4.69, 9.17) is 0 Å². The van der Waals surface area contributed by atoms with E-state index >= 15 is 0 Å². The van der Waals surface area contributed by atoms with Crippen molar-refractivity contribution in [1.29, 1.82) is 0 Å². The highest BCUT2D eigenvalue weighted by Crippen LogP contribution is 2.48. The molecule has 1 amide bonds. The maximum absolute atomic E-state index is 12.6. The molecule has 2 saturated heterocycles. The number of alkyl halides is 3. The van der Waals surface area contributed by atoms with Gasteiger partial charge in [-0.1, -0.05) is 6.92 Å². The van der Waals surface area contributed by atoms with Gasteiger partial charge in [0.2, 0.25) is 5.91 Å². The third-order valence-electron chi connectivity index (χ3n) is 3.83. The van der Waals surface area contributed by atoms with E-state index < -0.39 is 17.6 Å². The average molecular weight is 221 g/mol. The number of hydrogen-bond donors (Lipinski definition) is 0. The van der Waals surface area contributed by atoms with Gasteiger partial charge in [-0.25, -0.2) is 0 Å². The highest BCUT2D eigenvalue weighted by atomic mass is 19.4. The van der Waals surface area contributed by atoms with Crippen molar-refractivity contribution in [3.05, 3.63) is 0 Å². The molecular weight excluding hydrogens is 207 g/mol. The lowest BCUT2D eigenvalue weighted by Gasteiger charge is -2.30. The summed E-state index contributed by atoms with van der Waals surface area (Å²) in [5.74, 6) is -1.43. The van der Waals surface area contributed by atoms with Crippen LogP contribution in [0.4, 0.5) is 13.2 Å². The lowest BCUT2D eigenvalue weighted by Crippen LogP contribution is -2.39. The van der Waals surface area contributed by atoms with Crippen molar-refractivity contribution in [3.63, 3.8) is 0 Å². The molecule has 0 spiro atoms. The number of hydrogen-bond acceptors (Lipinski definition) is 1. The van der Waals surface area contributed by atoms with E-state index in [1.807, 2.05) is 6.92 Å². The van der Waals surface area contributed by atoms with Crippen LogP contribution in [0.5, 0.6) is 0 Å². The predicted octanol–water partition coefficient (Wildman–Crippen LogP) is 2.34. The summed E-state index contributed by atoms with van der Waals surface area (Å²) in [5, 5.41) is 0. The van der Waals surface area contributed by atoms with Gasteiger partial charge in [-0.2, -0.15) is 13.2 Å². The number of fused-ring (bicyclic) bond motifs is 1. The summed E-state index contributed by atoms with van der Waals surface area (Å²) in [6, 6.07) is 0. The summed E-state index contributed by atoms with van der Waals surface area (Å²) in [6.45, 7) is 1.74. The molecule has 15 heavy (non-hydrogen) atoms. The SMILES string of the molecule is CC[C@@]12CCC(=O)N1C[C@@H](C(F)(F)F)C2. The Hall–Kier alpha value is -0.740. The zero-order valence-corrected chi connectivity index (χ0v) is 8.60. The number of carbonyl (C=O) groups is 1. The fraction of sp³-hybridized carbons (Fsp3) is 0.900. The van der Waals surface area contributed by atoms with Gasteiger partial charge in [0.05, 0.1) is 5.92 Å². The molecule has 86 valence electrons. The number of carbonyl (C=O) groups excluding carboxylic acids is 1. The Morgan fingerprint density at radius 1 is 1.53 bits per heavy atom. The molecule has 0 aliphatic carbocycles. The minimum atomic E-state index is -4.16. The number of halogens is 3. The topological polar surface area (TPSA) is 20.3 Å². The molecule has 0 aromatic carbocycles. The standard InChI is InChI=1S/C10H14F3NO/c1-2-9-4-3-8(15)14(9)6-7(5-9)10(11,12)13/h7H,2-6H2,1H3/t7-,9-/m0/s1. The Morgan fingerprint density at radius 3 is 2.67 bits per heavy atom. The summed E-state index contributed by atoms with van der Waals surface area (Å²) in [4.78, 5) is 12.9. The van der Waals surface area contributed by atoms with Gasteiger partial charge in [0.25, 0.3) is 0 Å². The Morgan fingerprint density at radius 2 is 2.20 bits per heavy atom. The van der Waals surface area contributed by atoms with Crippen LogP contribution in [0, 0.1) is 5.92 Å². The first-order valence-electron chi connectivity index (χ1n) is 5.26. The third-order valence-corrected chi connectivity index (χ3v) is 3.83. The zero-order valence-electron chi connectivity index (χ0n) is 8.60. The monoisotopic (exact) mass is 221 g/mol. The van der Waals surface area contributed by atoms with Crippen LogP contribution in [0.2, 0.25) is 0 Å². The molecule has 0 aromatic heterocycles. The fourth-order valence-corrected chi connectivity index (χ4v) is 2.86. The van der Waals surface area contributed by atoms with Crippen molar-refractivity contribution in [2.45, 2.75) is 44.3 Å². The molecule has 0 saturated carbocycles. The van der Waals surface area contributed by atoms with E-state index in [0.717, 1.165) is 0 Å². The number of amides is 1. The lowest BCUT2D eigenvalue weighted by atomic mass is 9.87. The molecular formula is C10H14F3NO. The summed E-state index contributed by atoms with van der Waals surface area (Å²) >= 11 is 0. The quantitative estimate of drug-likeness (QED) is 0.665. The second-order valence-electron chi connectivity index (χ2n) is 4.52. The Kier molecular flexibility index (Phi) is 2.24. The van der Waals surface area contributed by atoms with E-state index in [2.05, 4.69) is 0 Å². The fourth-order valence-electron chi connectivity index (χ4n) is 2.86. The molecule has 5 heteroatoms. The van der Waals surface area contributed by atoms with Crippen molar-refractivity contribution in [3.8, 4) is 0 Å². The van der Waals surface area contributed by atoms with E-state index in [1.165, 1.54) is 4.90 Å². The molecule has 0 aromatic rings. The van der Waals surface area contributed by atoms with Gasteiger partial charge in [0.1, 0.15) is 0 Å². The Labute approximate surface area is 86.4 Å². The van der Waals surface area contributed by atoms with Crippen molar-refractivity contribution < 1.29 is 18.0 Å². The highest BCUT2D eigenvalue weighted by Gasteiger charge is 2.57. The molecule has 2 nitrogen and oxygen atoms in total. The van der Waals surface area contributed by atoms with E-state index in [1.54, 1.807) is 0 Å². The molecule has 2 aliphatic heterocycles. The number of rotatable bonds is 1. The van der Waals surface area contributed by atoms with E-state index in [-0.39, 0.29) is 18.9 Å². The second-order valence-corrected chi connectivity index (χ2v) is 4.52. The third kappa shape index (κ3) is 1.52. The normalized spacial score (nSPS) is 36.1. The predicted molar refractivity (Wildman–Crippen MR) is 48.1 cm³/mol. The van der Waals surface area contributed by atoms with Crippen LogP contribution in [0.1, 0.15) is 32.6 Å². The van der Waals surface area contributed by atoms with Gasteiger partial charge in [-0.3, -0.25) is 4.79 Å². The summed E-state index contributed by atoms with van der Waals surface area (Å²) in [7, 11) is 0. The maximum Gasteiger partial charge on any atom is 0.393 e. The molecule has 0 bridgehead atoms. The first-order valence-corrected chi connectivity index (χ1v) is 5.26. The summed E-state index contributed by atoms with van der Waals surface area (Å²) in [5.41, 5.74) is -0.489. The highest BCUT2D eigenvalue weighted by molar-refractivity contribution is 5.80. The zero-order chi connectivity index (χ0) is 11.3. The van der Waals surface area contributed by atoms with E-state index in [9.17, 15) is 18.0 Å². The van der Waals surface area contributed by atoms with Crippen LogP contribution in [0.3, 0.4) is 0 Å². The van der Waals surface area contributed by atoms with Gasteiger partial charge < -0.3 is 4.90 Å². The number of nitrogens with zero attached hydrogens (tertiary/aromatic N) is 1. The summed E-state index contributed by atoms with van der Waals surface area (Å²) < 4.78 is 37.7. The molecule has 2 atom stereocenters. The van der Waals surface area contributed by atoms with Crippen LogP contribution in [0.15, 0.2) is 0 Å². The Balaban J connectivity index is 2.21. The van der Waals surface area contributed by atoms with Crippen LogP contribution in [0.25, 0.3) is 0 Å². The largest absolute Gasteiger partial charge is 0.393 e. The van der Waals surface area contributed by atoms with Crippen molar-refractivity contribution >= 4 is 5.91 Å². The molecule has 2 rings (SSSR count). The van der Waals surface area contributed by atoms with Gasteiger partial charge in [0.15, 0.2) is 0 Å². The van der Waals surface area contributed by atoms with Crippen LogP contribution < -0.4 is 0 Å². The van der Waals surface area contributed by atoms with Gasteiger partial charge >= 0.3 is 6.18 Å². The minimum absolute atomic E-state index is 0.0960. The van der Waals surface area contributed by atoms with Crippen molar-refractivity contribution in [2.75, 3.05) is 6.54 Å². The molecule has 2 aliphatic rings. The Bertz CT molecular complexity index is 289.